The van der Waals surface area contributed by atoms with Gasteiger partial charge in [-0.3, -0.25) is 9.67 Å². The highest BCUT2D eigenvalue weighted by Gasteiger charge is 2.13. The molecule has 152 valence electrons. The number of nitrogens with one attached hydrogen (secondary N) is 2. The van der Waals surface area contributed by atoms with Crippen molar-refractivity contribution in [2.45, 2.75) is 60.4 Å². The molecule has 0 saturated heterocycles. The molecule has 1 heterocycles. The third kappa shape index (κ3) is 9.21. The summed E-state index contributed by atoms with van der Waals surface area (Å²) in [4.78, 5) is 4.61. The molecule has 0 aliphatic carbocycles. The molecule has 0 saturated carbocycles. The van der Waals surface area contributed by atoms with E-state index in [1.807, 2.05) is 11.7 Å². The predicted molar refractivity (Wildman–Crippen MR) is 121 cm³/mol. The molecule has 0 aliphatic heterocycles. The largest absolute Gasteiger partial charge is 0.380 e. The van der Waals surface area contributed by atoms with Gasteiger partial charge in [0.05, 0.1) is 18.8 Å². The summed E-state index contributed by atoms with van der Waals surface area (Å²) in [5, 5.41) is 11.3. The van der Waals surface area contributed by atoms with E-state index in [1.54, 1.807) is 0 Å². The molecule has 0 amide bonds. The average Bonchev–Trinajstić information content (AvgIpc) is 2.77. The van der Waals surface area contributed by atoms with E-state index in [0.717, 1.165) is 37.6 Å². The minimum Gasteiger partial charge on any atom is -0.380 e. The van der Waals surface area contributed by atoms with Gasteiger partial charge < -0.3 is 15.4 Å². The smallest absolute Gasteiger partial charge is 0.191 e. The van der Waals surface area contributed by atoms with Crippen molar-refractivity contribution in [1.29, 1.82) is 0 Å². The summed E-state index contributed by atoms with van der Waals surface area (Å²) >= 11 is 0. The van der Waals surface area contributed by atoms with Crippen LogP contribution in [-0.4, -0.2) is 48.1 Å². The Morgan fingerprint density at radius 1 is 1.23 bits per heavy atom. The quantitative estimate of drug-likeness (QED) is 0.234. The molecule has 1 aromatic heterocycles. The van der Waals surface area contributed by atoms with E-state index in [9.17, 15) is 0 Å². The fraction of sp³-hybridized carbons (Fsp3) is 0.789. The maximum Gasteiger partial charge on any atom is 0.191 e. The second-order valence-electron chi connectivity index (χ2n) is 7.08. The standard InChI is InChI=1S/C19H37N5O.HI/c1-8-20-19(21-10-12-25-11-9-14(2)3)22-15(4)13-18-16(5)23-24(7)17(18)6;/h14-15H,8-13H2,1-7H3,(H2,20,21,22);1H. The van der Waals surface area contributed by atoms with E-state index >= 15 is 0 Å². The first kappa shape index (κ1) is 25.2. The number of hydrogen-bond acceptors (Lipinski definition) is 3. The van der Waals surface area contributed by atoms with Crippen LogP contribution in [0.15, 0.2) is 4.99 Å². The van der Waals surface area contributed by atoms with Crippen molar-refractivity contribution in [2.75, 3.05) is 26.3 Å². The normalized spacial score (nSPS) is 12.8. The molecule has 26 heavy (non-hydrogen) atoms. The lowest BCUT2D eigenvalue weighted by Gasteiger charge is -2.18. The van der Waals surface area contributed by atoms with Gasteiger partial charge in [-0.25, -0.2) is 0 Å². The van der Waals surface area contributed by atoms with Gasteiger partial charge in [0.25, 0.3) is 0 Å². The van der Waals surface area contributed by atoms with Crippen LogP contribution in [-0.2, 0) is 18.2 Å². The van der Waals surface area contributed by atoms with Crippen molar-refractivity contribution in [2.24, 2.45) is 18.0 Å². The Hall–Kier alpha value is -0.830. The topological polar surface area (TPSA) is 63.5 Å². The molecule has 2 N–H and O–H groups in total. The van der Waals surface area contributed by atoms with E-state index < -0.39 is 0 Å². The Labute approximate surface area is 176 Å². The van der Waals surface area contributed by atoms with E-state index in [2.05, 4.69) is 62.3 Å². The molecule has 1 atom stereocenters. The molecule has 0 aliphatic rings. The summed E-state index contributed by atoms with van der Waals surface area (Å²) in [7, 11) is 1.99. The molecular weight excluding hydrogens is 441 g/mol. The molecule has 0 fully saturated rings. The van der Waals surface area contributed by atoms with Gasteiger partial charge in [-0.1, -0.05) is 13.8 Å². The highest BCUT2D eigenvalue weighted by atomic mass is 127. The maximum atomic E-state index is 5.63. The number of guanidine groups is 1. The Bertz CT molecular complexity index is 542. The van der Waals surface area contributed by atoms with E-state index in [4.69, 9.17) is 4.74 Å². The summed E-state index contributed by atoms with van der Waals surface area (Å²) < 4.78 is 7.58. The van der Waals surface area contributed by atoms with Crippen molar-refractivity contribution in [3.05, 3.63) is 17.0 Å². The van der Waals surface area contributed by atoms with E-state index in [-0.39, 0.29) is 30.0 Å². The molecule has 1 rings (SSSR count). The molecule has 0 spiro atoms. The van der Waals surface area contributed by atoms with Crippen LogP contribution in [0.5, 0.6) is 0 Å². The van der Waals surface area contributed by atoms with Crippen molar-refractivity contribution >= 4 is 29.9 Å². The number of nitrogens with zero attached hydrogens (tertiary/aromatic N) is 3. The first-order chi connectivity index (χ1) is 11.8. The van der Waals surface area contributed by atoms with Gasteiger partial charge in [0.2, 0.25) is 0 Å². The van der Waals surface area contributed by atoms with Gasteiger partial charge in [-0.2, -0.15) is 5.10 Å². The number of aromatic nitrogens is 2. The van der Waals surface area contributed by atoms with Crippen molar-refractivity contribution in [3.8, 4) is 0 Å². The monoisotopic (exact) mass is 479 g/mol. The Kier molecular flexibility index (Phi) is 12.9. The summed E-state index contributed by atoms with van der Waals surface area (Å²) in [5.41, 5.74) is 3.65. The van der Waals surface area contributed by atoms with Gasteiger partial charge in [0.1, 0.15) is 0 Å². The Balaban J connectivity index is 0.00000625. The molecule has 6 nitrogen and oxygen atoms in total. The molecule has 0 bridgehead atoms. The summed E-state index contributed by atoms with van der Waals surface area (Å²) in [6.07, 6.45) is 2.03. The zero-order valence-electron chi connectivity index (χ0n) is 17.6. The third-order valence-corrected chi connectivity index (χ3v) is 4.24. The fourth-order valence-electron chi connectivity index (χ4n) is 2.67. The van der Waals surface area contributed by atoms with E-state index in [0.29, 0.717) is 19.1 Å². The zero-order chi connectivity index (χ0) is 18.8. The fourth-order valence-corrected chi connectivity index (χ4v) is 2.67. The summed E-state index contributed by atoms with van der Waals surface area (Å²) in [6, 6.07) is 0.279. The van der Waals surface area contributed by atoms with Gasteiger partial charge in [-0.15, -0.1) is 24.0 Å². The van der Waals surface area contributed by atoms with Crippen LogP contribution < -0.4 is 10.6 Å². The van der Waals surface area contributed by atoms with E-state index in [1.165, 1.54) is 11.3 Å². The number of aryl methyl sites for hydroxylation is 2. The third-order valence-electron chi connectivity index (χ3n) is 4.24. The van der Waals surface area contributed by atoms with Crippen LogP contribution in [0.2, 0.25) is 0 Å². The number of rotatable bonds is 10. The first-order valence-corrected chi connectivity index (χ1v) is 9.46. The molecule has 1 unspecified atom stereocenters. The Morgan fingerprint density at radius 3 is 2.46 bits per heavy atom. The van der Waals surface area contributed by atoms with Crippen LogP contribution in [0.4, 0.5) is 0 Å². The van der Waals surface area contributed by atoms with Crippen LogP contribution in [0.1, 0.15) is 51.1 Å². The SMILES string of the molecule is CCNC(=NCCOCCC(C)C)NC(C)Cc1c(C)nn(C)c1C.I. The van der Waals surface area contributed by atoms with Gasteiger partial charge in [0, 0.05) is 31.9 Å². The average molecular weight is 479 g/mol. The van der Waals surface area contributed by atoms with Gasteiger partial charge >= 0.3 is 0 Å². The highest BCUT2D eigenvalue weighted by Crippen LogP contribution is 2.14. The lowest BCUT2D eigenvalue weighted by molar-refractivity contribution is 0.130. The van der Waals surface area contributed by atoms with Crippen LogP contribution in [0, 0.1) is 19.8 Å². The van der Waals surface area contributed by atoms with Gasteiger partial charge in [-0.05, 0) is 52.0 Å². The molecule has 0 radical (unpaired) electrons. The number of ether oxygens (including phenoxy) is 1. The lowest BCUT2D eigenvalue weighted by atomic mass is 10.1. The molecule has 0 aromatic carbocycles. The van der Waals surface area contributed by atoms with Crippen LogP contribution in [0.25, 0.3) is 0 Å². The molecule has 7 heteroatoms. The van der Waals surface area contributed by atoms with Crippen molar-refractivity contribution < 1.29 is 4.74 Å². The minimum atomic E-state index is 0. The first-order valence-electron chi connectivity index (χ1n) is 9.46. The van der Waals surface area contributed by atoms with Crippen LogP contribution >= 0.6 is 24.0 Å². The maximum absolute atomic E-state index is 5.63. The molecule has 1 aromatic rings. The highest BCUT2D eigenvalue weighted by molar-refractivity contribution is 14.0. The number of halogens is 1. The van der Waals surface area contributed by atoms with Crippen molar-refractivity contribution in [1.82, 2.24) is 20.4 Å². The Morgan fingerprint density at radius 2 is 1.92 bits per heavy atom. The second kappa shape index (κ2) is 13.4. The minimum absolute atomic E-state index is 0. The number of hydrogen-bond donors (Lipinski definition) is 2. The van der Waals surface area contributed by atoms with Crippen LogP contribution in [0.3, 0.4) is 0 Å². The second-order valence-corrected chi connectivity index (χ2v) is 7.08. The summed E-state index contributed by atoms with van der Waals surface area (Å²) in [5.74, 6) is 1.53. The van der Waals surface area contributed by atoms with Gasteiger partial charge in [0.15, 0.2) is 5.96 Å². The zero-order valence-corrected chi connectivity index (χ0v) is 19.9. The number of aliphatic imine (C=N–C) groups is 1. The predicted octanol–water partition coefficient (Wildman–Crippen LogP) is 3.20. The molecular formula is C19H38IN5O. The lowest BCUT2D eigenvalue weighted by Crippen LogP contribution is -2.43. The summed E-state index contributed by atoms with van der Waals surface area (Å²) in [6.45, 7) is 15.9. The van der Waals surface area contributed by atoms with Crippen molar-refractivity contribution in [3.63, 3.8) is 0 Å².